The van der Waals surface area contributed by atoms with E-state index in [1.165, 1.54) is 24.9 Å². The Bertz CT molecular complexity index is 3680. The molecule has 6 aliphatic rings. The minimum atomic E-state index is -5.32. The fourth-order valence-corrected chi connectivity index (χ4v) is 16.4. The smallest absolute Gasteiger partial charge is 0.756 e. The van der Waals surface area contributed by atoms with Crippen LogP contribution in [0.1, 0.15) is 150 Å². The third-order valence-corrected chi connectivity index (χ3v) is 21.8. The molecule has 8 rings (SSSR count). The van der Waals surface area contributed by atoms with Gasteiger partial charge in [0.2, 0.25) is 41.4 Å². The molecule has 1 aromatic carbocycles. The number of aliphatic imine (C=N–C) groups is 3. The summed E-state index contributed by atoms with van der Waals surface area (Å²) in [5.41, 5.74) is 36.7. The molecule has 0 aliphatic carbocycles. The second-order valence-electron chi connectivity index (χ2n) is 27.6. The van der Waals surface area contributed by atoms with Crippen molar-refractivity contribution in [2.75, 3.05) is 20.3 Å². The van der Waals surface area contributed by atoms with Crippen molar-refractivity contribution < 1.29 is 93.3 Å². The summed E-state index contributed by atoms with van der Waals surface area (Å²) in [5, 5.41) is 30.1. The van der Waals surface area contributed by atoms with Crippen molar-refractivity contribution in [3.63, 3.8) is 0 Å². The summed E-state index contributed by atoms with van der Waals surface area (Å²) >= 11 is 0. The van der Waals surface area contributed by atoms with E-state index in [1.807, 2.05) is 80.5 Å². The van der Waals surface area contributed by atoms with E-state index in [0.29, 0.717) is 56.4 Å². The van der Waals surface area contributed by atoms with Gasteiger partial charge >= 0.3 is 16.8 Å². The van der Waals surface area contributed by atoms with Gasteiger partial charge in [-0.05, 0) is 119 Å². The third kappa shape index (κ3) is 15.7. The summed E-state index contributed by atoms with van der Waals surface area (Å²) < 4.78 is 35.9. The molecule has 8 bridgehead atoms. The first-order chi connectivity index (χ1) is 44.1. The Labute approximate surface area is 569 Å². The number of aliphatic hydroxyl groups is 2. The van der Waals surface area contributed by atoms with E-state index in [4.69, 9.17) is 68.5 Å². The van der Waals surface area contributed by atoms with Crippen LogP contribution in [-0.4, -0.2) is 140 Å². The van der Waals surface area contributed by atoms with Crippen molar-refractivity contribution >= 4 is 83.3 Å². The zero-order valence-electron chi connectivity index (χ0n) is 56.5. The van der Waals surface area contributed by atoms with Crippen molar-refractivity contribution in [3.05, 3.63) is 76.1 Å². The average Bonchev–Trinajstić information content (AvgIpc) is 1.53. The van der Waals surface area contributed by atoms with Crippen LogP contribution in [0, 0.1) is 66.1 Å². The van der Waals surface area contributed by atoms with Crippen LogP contribution >= 0.6 is 7.82 Å². The zero-order valence-corrected chi connectivity index (χ0v) is 58.5. The van der Waals surface area contributed by atoms with E-state index in [9.17, 15) is 58.0 Å². The number of aryl methyl sites for hydroxylation is 2. The van der Waals surface area contributed by atoms with Gasteiger partial charge in [0.1, 0.15) is 18.3 Å². The van der Waals surface area contributed by atoms with Gasteiger partial charge in [0.25, 0.3) is 7.82 Å². The molecule has 0 saturated carbocycles. The number of esters is 1. The van der Waals surface area contributed by atoms with Crippen LogP contribution in [0.5, 0.6) is 0 Å². The number of primary amides is 6. The molecular formula is C65H93CoN13O16P. The van der Waals surface area contributed by atoms with Crippen LogP contribution in [0.4, 0.5) is 0 Å². The van der Waals surface area contributed by atoms with Gasteiger partial charge in [0, 0.05) is 108 Å². The van der Waals surface area contributed by atoms with E-state index < -0.39 is 149 Å². The van der Waals surface area contributed by atoms with Crippen LogP contribution in [-0.2, 0) is 78.2 Å². The number of hydrogen-bond acceptors (Lipinski definition) is 20. The Hall–Kier alpha value is -7.15. The average molecular weight is 1400 g/mol. The monoisotopic (exact) mass is 1400 g/mol. The van der Waals surface area contributed by atoms with Crippen molar-refractivity contribution in [2.24, 2.45) is 94.7 Å². The van der Waals surface area contributed by atoms with Gasteiger partial charge in [-0.2, -0.15) is 5.70 Å². The summed E-state index contributed by atoms with van der Waals surface area (Å²) in [6, 6.07) is 2.65. The fourth-order valence-electron chi connectivity index (χ4n) is 15.3. The predicted octanol–water partition coefficient (Wildman–Crippen LogP) is 3.31. The molecule has 6 aliphatic heterocycles. The van der Waals surface area contributed by atoms with Crippen LogP contribution < -0.4 is 44.6 Å². The van der Waals surface area contributed by atoms with Gasteiger partial charge in [-0.15, -0.1) is 0 Å². The van der Waals surface area contributed by atoms with Crippen molar-refractivity contribution in [2.45, 2.75) is 189 Å². The largest absolute Gasteiger partial charge is 3.00 e. The number of phosphoric ester groups is 1. The van der Waals surface area contributed by atoms with Crippen molar-refractivity contribution in [1.29, 1.82) is 0 Å². The van der Waals surface area contributed by atoms with E-state index in [0.717, 1.165) is 11.1 Å². The number of rotatable bonds is 26. The molecule has 2 fully saturated rings. The number of phosphoric acid groups is 1. The molecule has 7 heterocycles. The maximum Gasteiger partial charge on any atom is 3.00 e. The quantitative estimate of drug-likeness (QED) is 0.0370. The second-order valence-corrected chi connectivity index (χ2v) is 28.9. The zero-order chi connectivity index (χ0) is 71.0. The molecule has 2 aromatic rings. The Balaban J connectivity index is 0.00000234. The summed E-state index contributed by atoms with van der Waals surface area (Å²) in [6.45, 7) is 21.9. The number of ether oxygens (including phenoxy) is 2. The van der Waals surface area contributed by atoms with Gasteiger partial charge in [0.15, 0.2) is 12.2 Å². The minimum Gasteiger partial charge on any atom is -0.756 e. The molecule has 528 valence electrons. The Morgan fingerprint density at radius 1 is 0.802 bits per heavy atom. The van der Waals surface area contributed by atoms with E-state index >= 15 is 0 Å². The number of aromatic nitrogens is 2. The van der Waals surface area contributed by atoms with E-state index in [2.05, 4.69) is 22.0 Å². The summed E-state index contributed by atoms with van der Waals surface area (Å²) in [5.74, 6) is -7.90. The molecule has 2 saturated heterocycles. The molecular weight excluding hydrogens is 1310 g/mol. The maximum absolute atomic E-state index is 14.4. The SMILES string of the molecule is C/C1=C2/[N-][C@H]([C@H](CC(N)=O)[C@@]2(C)CCC(=O)NC[C@@H](C)OP(=O)([O-])O[C@H]2[C@@H](O)[C@@H](n3cnc4cc(C)c(C)cc43)O[C@@H]2CO)[C@]2(C)N=C(/C(C)=C3N=C(/C=C4N=C1[C@@H](CCC(N)=O)C\4(C)C)[C@@H](CCC(N)=O)[C@]\3(C)CC(N)=O)[C@@H](CCC(N)=O)[C@]2(C)CC(N)=O.[CH2-]C(=O)OC.[Co+3]. The van der Waals surface area contributed by atoms with Gasteiger partial charge in [-0.25, -0.2) is 4.98 Å². The first-order valence-corrected chi connectivity index (χ1v) is 33.1. The number of nitrogens with two attached hydrogens (primary N) is 6. The number of nitrogens with one attached hydrogen (secondary N) is 1. The Kier molecular flexibility index (Phi) is 24.3. The number of carbonyl (C=O) groups is 8. The standard InChI is InChI=1S/C62H90N13O14P.C3H5O2.Co/c1-29-20-39-40(21-30(29)2)75(28-70-39)57-52(84)53(41(27-76)87-57)89-90(85,86)88-31(3)26-69-49(83)18-19-59(8)37(22-46(66)80)56-62(11)61(10,25-48(68)82)36(14-17-45(65)79)51(74-62)33(5)55-60(9,24-47(67)81)34(12-15-43(63)77)38(71-55)23-42-58(6,7)35(13-16-44(64)78)50(72-42)32(4)54(59)73-56;1-3(4)5-2;/h20-21,23,28,31,34-37,41,52-53,56-57,76,84H,12-19,22,24-27H2,1-11H3,(H15,63,64,65,66,67,68,69,71,72,73,74,77,78,79,80,81,82,83,85,86);1H2,2H3;/q;-1;+3/p-2/t31-,34-,35-,36-,37+,41-,52-,53-,56-,57+,59-,60+,61+,62+;;/m1../s1. The van der Waals surface area contributed by atoms with Crippen LogP contribution in [0.15, 0.2) is 67.8 Å². The molecule has 1 unspecified atom stereocenters. The number of fused-ring (bicyclic) bond motifs is 7. The molecule has 7 amide bonds. The fraction of sp³-hybridized carbons (Fsp3) is 0.615. The molecule has 15 N–H and O–H groups in total. The second kappa shape index (κ2) is 29.9. The van der Waals surface area contributed by atoms with E-state index in [-0.39, 0.29) is 94.0 Å². The summed E-state index contributed by atoms with van der Waals surface area (Å²) in [4.78, 5) is 137. The molecule has 31 heteroatoms. The van der Waals surface area contributed by atoms with E-state index in [1.54, 1.807) is 6.92 Å². The number of carbonyl (C=O) groups excluding carboxylic acids is 8. The molecule has 0 radical (unpaired) electrons. The number of methoxy groups -OCH3 is 1. The number of aliphatic hydroxyl groups excluding tert-OH is 2. The maximum atomic E-state index is 14.4. The number of allylic oxidation sites excluding steroid dienone is 6. The molecule has 1 aromatic heterocycles. The number of benzene rings is 1. The molecule has 29 nitrogen and oxygen atoms in total. The first kappa shape index (κ1) is 77.8. The van der Waals surface area contributed by atoms with Crippen LogP contribution in [0.2, 0.25) is 0 Å². The van der Waals surface area contributed by atoms with Crippen molar-refractivity contribution in [1.82, 2.24) is 14.9 Å². The Morgan fingerprint density at radius 3 is 1.93 bits per heavy atom. The number of imidazole rings is 1. The van der Waals surface area contributed by atoms with Crippen LogP contribution in [0.3, 0.4) is 0 Å². The molecule has 96 heavy (non-hydrogen) atoms. The van der Waals surface area contributed by atoms with Gasteiger partial charge in [0.05, 0.1) is 48.4 Å². The Morgan fingerprint density at radius 2 is 1.38 bits per heavy atom. The van der Waals surface area contributed by atoms with Gasteiger partial charge < -0.3 is 83.2 Å². The van der Waals surface area contributed by atoms with Gasteiger partial charge in [-0.1, -0.05) is 40.7 Å². The number of hydrogen-bond donors (Lipinski definition) is 9. The number of nitrogens with zero attached hydrogens (tertiary/aromatic N) is 6. The predicted molar refractivity (Wildman–Crippen MR) is 349 cm³/mol. The van der Waals surface area contributed by atoms with Crippen molar-refractivity contribution in [3.8, 4) is 0 Å². The first-order valence-electron chi connectivity index (χ1n) is 31.7. The number of amides is 7. The summed E-state index contributed by atoms with van der Waals surface area (Å²) in [6.07, 6.45) is -4.79. The molecule has 15 atom stereocenters. The normalized spacial score (nSPS) is 32.4. The third-order valence-electron chi connectivity index (χ3n) is 20.7. The molecule has 0 spiro atoms. The minimum absolute atomic E-state index is 0. The van der Waals surface area contributed by atoms with Crippen LogP contribution in [0.25, 0.3) is 16.4 Å². The topological polar surface area (TPSA) is 491 Å². The summed E-state index contributed by atoms with van der Waals surface area (Å²) in [7, 11) is -4.03. The van der Waals surface area contributed by atoms with Gasteiger partial charge in [-0.3, -0.25) is 64.8 Å².